The molecule has 3 aromatic rings. The second-order valence-electron chi connectivity index (χ2n) is 6.93. The Morgan fingerprint density at radius 1 is 1.19 bits per heavy atom. The topological polar surface area (TPSA) is 76.8 Å². The van der Waals surface area contributed by atoms with Gasteiger partial charge in [0.25, 0.3) is 5.91 Å². The van der Waals surface area contributed by atoms with Crippen molar-refractivity contribution in [2.24, 2.45) is 0 Å². The number of nitrogens with zero attached hydrogens (tertiary/aromatic N) is 6. The maximum atomic E-state index is 13.1. The lowest BCUT2D eigenvalue weighted by atomic mass is 10.1. The minimum atomic E-state index is -4.69. The number of aromatic nitrogens is 5. The largest absolute Gasteiger partial charge is 0.417 e. The molecule has 0 saturated heterocycles. The van der Waals surface area contributed by atoms with Gasteiger partial charge in [-0.1, -0.05) is 22.9 Å². The zero-order valence-corrected chi connectivity index (χ0v) is 16.7. The van der Waals surface area contributed by atoms with Gasteiger partial charge >= 0.3 is 6.18 Å². The van der Waals surface area contributed by atoms with Gasteiger partial charge in [0.05, 0.1) is 35.1 Å². The maximum absolute atomic E-state index is 13.1. The van der Waals surface area contributed by atoms with Crippen LogP contribution in [-0.4, -0.2) is 42.3 Å². The molecule has 0 bridgehead atoms. The fraction of sp³-hybridized carbons (Fsp3) is 0.316. The van der Waals surface area contributed by atoms with Crippen molar-refractivity contribution >= 4 is 17.5 Å². The predicted octanol–water partition coefficient (Wildman–Crippen LogP) is 3.46. The third-order valence-corrected chi connectivity index (χ3v) is 5.30. The molecular weight excluding hydrogens is 440 g/mol. The highest BCUT2D eigenvalue weighted by atomic mass is 35.5. The summed E-state index contributed by atoms with van der Waals surface area (Å²) in [6, 6.07) is 4.06. The van der Waals surface area contributed by atoms with Crippen molar-refractivity contribution in [3.63, 3.8) is 0 Å². The van der Waals surface area contributed by atoms with Gasteiger partial charge in [-0.15, -0.1) is 5.10 Å². The number of pyridine rings is 2. The maximum Gasteiger partial charge on any atom is 0.417 e. The lowest BCUT2D eigenvalue weighted by Gasteiger charge is -2.26. The summed E-state index contributed by atoms with van der Waals surface area (Å²) in [7, 11) is 0. The standard InChI is InChI=1S/C19H15ClF4N6O/c20-16-13(19(22,23)24)3-5-25-17(16)18(31)29-6-4-15-14(10-29)27-28-30(15)9-12-2-1-11(7-21)8-26-12/h1-3,5,8H,4,6-7,9-10H2. The van der Waals surface area contributed by atoms with Crippen LogP contribution in [0.1, 0.15) is 38.7 Å². The highest BCUT2D eigenvalue weighted by Crippen LogP contribution is 2.36. The number of amides is 1. The van der Waals surface area contributed by atoms with Crippen LogP contribution >= 0.6 is 11.6 Å². The van der Waals surface area contributed by atoms with E-state index in [4.69, 9.17) is 11.6 Å². The molecule has 0 saturated carbocycles. The van der Waals surface area contributed by atoms with Crippen LogP contribution in [0.15, 0.2) is 30.6 Å². The monoisotopic (exact) mass is 454 g/mol. The van der Waals surface area contributed by atoms with E-state index in [2.05, 4.69) is 20.3 Å². The van der Waals surface area contributed by atoms with E-state index in [1.54, 1.807) is 16.8 Å². The molecule has 0 aliphatic carbocycles. The van der Waals surface area contributed by atoms with Gasteiger partial charge in [-0.05, 0) is 12.1 Å². The molecule has 1 amide bonds. The SMILES string of the molecule is O=C(c1nccc(C(F)(F)F)c1Cl)N1CCc2c(nnn2Cc2ccc(CF)cn2)C1. The second-order valence-corrected chi connectivity index (χ2v) is 7.31. The first-order valence-electron chi connectivity index (χ1n) is 9.20. The Hall–Kier alpha value is -3.08. The molecule has 0 aromatic carbocycles. The van der Waals surface area contributed by atoms with Crippen LogP contribution in [0.5, 0.6) is 0 Å². The summed E-state index contributed by atoms with van der Waals surface area (Å²) in [5.41, 5.74) is 0.905. The van der Waals surface area contributed by atoms with Gasteiger partial charge in [0.1, 0.15) is 18.1 Å². The van der Waals surface area contributed by atoms with Crippen LogP contribution in [0, 0.1) is 0 Å². The summed E-state index contributed by atoms with van der Waals surface area (Å²) < 4.78 is 53.5. The van der Waals surface area contributed by atoms with Gasteiger partial charge in [-0.2, -0.15) is 13.2 Å². The fourth-order valence-corrected chi connectivity index (χ4v) is 3.61. The molecule has 12 heteroatoms. The Balaban J connectivity index is 1.52. The minimum Gasteiger partial charge on any atom is -0.331 e. The van der Waals surface area contributed by atoms with Gasteiger partial charge in [0, 0.05) is 30.9 Å². The van der Waals surface area contributed by atoms with E-state index >= 15 is 0 Å². The summed E-state index contributed by atoms with van der Waals surface area (Å²) >= 11 is 5.83. The zero-order chi connectivity index (χ0) is 22.2. The normalized spacial score (nSPS) is 13.9. The summed E-state index contributed by atoms with van der Waals surface area (Å²) in [5, 5.41) is 7.46. The minimum absolute atomic E-state index is 0.0661. The Labute approximate surface area is 178 Å². The number of hydrogen-bond acceptors (Lipinski definition) is 5. The summed E-state index contributed by atoms with van der Waals surface area (Å²) in [6.07, 6.45) is -1.93. The highest BCUT2D eigenvalue weighted by molar-refractivity contribution is 6.34. The van der Waals surface area contributed by atoms with Crippen LogP contribution in [-0.2, 0) is 32.4 Å². The average molecular weight is 455 g/mol. The Morgan fingerprint density at radius 3 is 2.68 bits per heavy atom. The van der Waals surface area contributed by atoms with Crippen LogP contribution in [0.25, 0.3) is 0 Å². The zero-order valence-electron chi connectivity index (χ0n) is 15.9. The van der Waals surface area contributed by atoms with Crippen molar-refractivity contribution in [3.05, 3.63) is 69.5 Å². The second kappa shape index (κ2) is 8.22. The number of carbonyl (C=O) groups is 1. The molecule has 0 unspecified atom stereocenters. The number of carbonyl (C=O) groups excluding carboxylic acids is 1. The number of fused-ring (bicyclic) bond motifs is 1. The number of halogens is 5. The molecule has 3 aromatic heterocycles. The molecule has 4 heterocycles. The lowest BCUT2D eigenvalue weighted by molar-refractivity contribution is -0.137. The van der Waals surface area contributed by atoms with Crippen LogP contribution in [0.3, 0.4) is 0 Å². The van der Waals surface area contributed by atoms with E-state index in [0.29, 0.717) is 29.9 Å². The fourth-order valence-electron chi connectivity index (χ4n) is 3.31. The van der Waals surface area contributed by atoms with Gasteiger partial charge in [0.2, 0.25) is 0 Å². The van der Waals surface area contributed by atoms with Gasteiger partial charge < -0.3 is 4.90 Å². The molecule has 0 fully saturated rings. The molecule has 0 radical (unpaired) electrons. The van der Waals surface area contributed by atoms with Crippen molar-refractivity contribution < 1.29 is 22.4 Å². The van der Waals surface area contributed by atoms with E-state index in [9.17, 15) is 22.4 Å². The predicted molar refractivity (Wildman–Crippen MR) is 101 cm³/mol. The molecular formula is C19H15ClF4N6O. The number of rotatable bonds is 4. The number of alkyl halides is 4. The first-order chi connectivity index (χ1) is 14.8. The molecule has 0 N–H and O–H groups in total. The van der Waals surface area contributed by atoms with Gasteiger partial charge in [-0.25, -0.2) is 14.1 Å². The molecule has 0 atom stereocenters. The average Bonchev–Trinajstić information content (AvgIpc) is 3.15. The van der Waals surface area contributed by atoms with Crippen molar-refractivity contribution in [2.75, 3.05) is 6.54 Å². The van der Waals surface area contributed by atoms with Crippen molar-refractivity contribution in [3.8, 4) is 0 Å². The van der Waals surface area contributed by atoms with E-state index in [-0.39, 0.29) is 13.1 Å². The molecule has 31 heavy (non-hydrogen) atoms. The van der Waals surface area contributed by atoms with Crippen molar-refractivity contribution in [1.82, 2.24) is 29.9 Å². The van der Waals surface area contributed by atoms with Gasteiger partial charge in [0.15, 0.2) is 0 Å². The first kappa shape index (κ1) is 21.2. The molecule has 1 aliphatic heterocycles. The van der Waals surface area contributed by atoms with E-state index in [1.807, 2.05) is 0 Å². The number of hydrogen-bond donors (Lipinski definition) is 0. The lowest BCUT2D eigenvalue weighted by Crippen LogP contribution is -2.37. The van der Waals surface area contributed by atoms with Crippen LogP contribution < -0.4 is 0 Å². The van der Waals surface area contributed by atoms with E-state index in [1.165, 1.54) is 11.1 Å². The quantitative estimate of drug-likeness (QED) is 0.564. The van der Waals surface area contributed by atoms with E-state index < -0.39 is 35.0 Å². The Morgan fingerprint density at radius 2 is 2.00 bits per heavy atom. The Kier molecular flexibility index (Phi) is 5.61. The molecule has 162 valence electrons. The smallest absolute Gasteiger partial charge is 0.331 e. The summed E-state index contributed by atoms with van der Waals surface area (Å²) in [6.45, 7) is 0.0305. The van der Waals surface area contributed by atoms with Gasteiger partial charge in [-0.3, -0.25) is 9.78 Å². The van der Waals surface area contributed by atoms with Crippen LogP contribution in [0.4, 0.5) is 17.6 Å². The van der Waals surface area contributed by atoms with E-state index in [0.717, 1.165) is 18.0 Å². The third kappa shape index (κ3) is 4.22. The molecule has 0 spiro atoms. The summed E-state index contributed by atoms with van der Waals surface area (Å²) in [4.78, 5) is 22.1. The van der Waals surface area contributed by atoms with Crippen molar-refractivity contribution in [1.29, 1.82) is 0 Å². The van der Waals surface area contributed by atoms with Crippen molar-refractivity contribution in [2.45, 2.75) is 32.4 Å². The highest BCUT2D eigenvalue weighted by Gasteiger charge is 2.36. The van der Waals surface area contributed by atoms with Crippen LogP contribution in [0.2, 0.25) is 5.02 Å². The Bertz CT molecular complexity index is 1120. The third-order valence-electron chi connectivity index (χ3n) is 4.91. The summed E-state index contributed by atoms with van der Waals surface area (Å²) in [5.74, 6) is -0.709. The first-order valence-corrected chi connectivity index (χ1v) is 9.57. The molecule has 1 aliphatic rings. The molecule has 4 rings (SSSR count). The molecule has 7 nitrogen and oxygen atoms in total.